The molecule has 0 aromatic heterocycles. The van der Waals surface area contributed by atoms with Crippen LogP contribution in [0.4, 0.5) is 0 Å². The fourth-order valence-electron chi connectivity index (χ4n) is 2.31. The Morgan fingerprint density at radius 3 is 2.12 bits per heavy atom. The van der Waals surface area contributed by atoms with Gasteiger partial charge in [0.1, 0.15) is 16.5 Å². The zero-order valence-electron chi connectivity index (χ0n) is 17.0. The van der Waals surface area contributed by atoms with Crippen LogP contribution >= 0.6 is 11.6 Å². The number of nitrogens with one attached hydrogen (secondary N) is 2. The van der Waals surface area contributed by atoms with E-state index in [9.17, 15) is 4.21 Å². The number of aryl methyl sites for hydroxylation is 3. The molecule has 2 rings (SSSR count). The summed E-state index contributed by atoms with van der Waals surface area (Å²) < 4.78 is 12.2. The third-order valence-electron chi connectivity index (χ3n) is 3.56. The van der Waals surface area contributed by atoms with Crippen LogP contribution in [0.15, 0.2) is 47.4 Å². The summed E-state index contributed by atoms with van der Waals surface area (Å²) >= 11 is 6.44. The van der Waals surface area contributed by atoms with Crippen molar-refractivity contribution < 1.29 is 4.21 Å². The molecule has 0 bridgehead atoms. The second-order valence-corrected chi connectivity index (χ2v) is 6.84. The van der Waals surface area contributed by atoms with Crippen molar-refractivity contribution in [2.24, 2.45) is 0 Å². The number of rotatable bonds is 6. The summed E-state index contributed by atoms with van der Waals surface area (Å²) in [5, 5.41) is 0. The van der Waals surface area contributed by atoms with Gasteiger partial charge < -0.3 is 0 Å². The van der Waals surface area contributed by atoms with Gasteiger partial charge in [0.25, 0.3) is 0 Å². The van der Waals surface area contributed by atoms with E-state index in [2.05, 4.69) is 23.2 Å². The van der Waals surface area contributed by atoms with Crippen molar-refractivity contribution in [2.45, 2.75) is 65.3 Å². The zero-order chi connectivity index (χ0) is 20.1. The summed E-state index contributed by atoms with van der Waals surface area (Å²) in [5.74, 6) is 0. The largest absolute Gasteiger partial charge is 0.236 e. The van der Waals surface area contributed by atoms with Gasteiger partial charge in [0.2, 0.25) is 0 Å². The van der Waals surface area contributed by atoms with Gasteiger partial charge in [-0.3, -0.25) is 0 Å². The summed E-state index contributed by atoms with van der Waals surface area (Å²) in [6, 6.07) is 13.7. The van der Waals surface area contributed by atoms with E-state index in [4.69, 9.17) is 11.6 Å². The van der Waals surface area contributed by atoms with Gasteiger partial charge in [-0.1, -0.05) is 82.1 Å². The van der Waals surface area contributed by atoms with E-state index in [-0.39, 0.29) is 0 Å². The summed E-state index contributed by atoms with van der Waals surface area (Å²) in [6.45, 7) is 14.1. The van der Waals surface area contributed by atoms with E-state index >= 15 is 0 Å². The van der Waals surface area contributed by atoms with E-state index in [0.29, 0.717) is 4.90 Å². The molecule has 0 saturated carbocycles. The number of benzene rings is 2. The van der Waals surface area contributed by atoms with Crippen LogP contribution in [0.5, 0.6) is 0 Å². The first-order valence-electron chi connectivity index (χ1n) is 9.25. The molecule has 2 atom stereocenters. The third-order valence-corrected chi connectivity index (χ3v) is 4.89. The molecule has 0 aliphatic carbocycles. The Balaban J connectivity index is 0.00000146. The highest BCUT2D eigenvalue weighted by molar-refractivity contribution is 7.83. The number of hydrogen-bond acceptors (Lipinski definition) is 2. The van der Waals surface area contributed by atoms with Crippen molar-refractivity contribution in [3.05, 3.63) is 64.7 Å². The highest BCUT2D eigenvalue weighted by atomic mass is 35.5. The molecular formula is C21H33ClN2OS. The topological polar surface area (TPSA) is 41.1 Å². The Hall–Kier alpha value is -1.20. The first-order valence-corrected chi connectivity index (χ1v) is 10.8. The van der Waals surface area contributed by atoms with E-state index in [1.807, 2.05) is 77.9 Å². The maximum atomic E-state index is 12.2. The number of hydrazine groups is 1. The molecule has 0 aliphatic rings. The van der Waals surface area contributed by atoms with E-state index in [1.54, 1.807) is 0 Å². The van der Waals surface area contributed by atoms with E-state index in [1.165, 1.54) is 5.56 Å². The fraction of sp³-hybridized carbons (Fsp3) is 0.429. The van der Waals surface area contributed by atoms with Crippen molar-refractivity contribution >= 4 is 22.6 Å². The molecule has 0 amide bonds. The smallest absolute Gasteiger partial charge is 0.138 e. The number of halogens is 1. The Kier molecular flexibility index (Phi) is 13.3. The molecule has 2 unspecified atom stereocenters. The summed E-state index contributed by atoms with van der Waals surface area (Å²) in [4.78, 5) is 3.50. The van der Waals surface area contributed by atoms with Gasteiger partial charge in [-0.25, -0.2) is 9.63 Å². The second kappa shape index (κ2) is 13.9. The molecule has 3 nitrogen and oxygen atoms in total. The van der Waals surface area contributed by atoms with Gasteiger partial charge in [0, 0.05) is 0 Å². The molecule has 26 heavy (non-hydrogen) atoms. The lowest BCUT2D eigenvalue weighted by Crippen LogP contribution is -2.35. The molecule has 0 heterocycles. The molecule has 2 aromatic rings. The monoisotopic (exact) mass is 396 g/mol. The Morgan fingerprint density at radius 2 is 1.58 bits per heavy atom. The van der Waals surface area contributed by atoms with Gasteiger partial charge in [-0.15, -0.1) is 0 Å². The van der Waals surface area contributed by atoms with Crippen LogP contribution in [0, 0.1) is 13.8 Å². The Morgan fingerprint density at radius 1 is 1.00 bits per heavy atom. The first kappa shape index (κ1) is 24.8. The normalized spacial score (nSPS) is 12.2. The molecule has 146 valence electrons. The maximum absolute atomic E-state index is 12.2. The summed E-state index contributed by atoms with van der Waals surface area (Å²) in [5.41, 5.74) is 6.99. The molecule has 0 aliphatic heterocycles. The highest BCUT2D eigenvalue weighted by Gasteiger charge is 2.15. The van der Waals surface area contributed by atoms with Gasteiger partial charge in [0.15, 0.2) is 0 Å². The minimum absolute atomic E-state index is 0.439. The Bertz CT molecular complexity index is 660. The summed E-state index contributed by atoms with van der Waals surface area (Å²) in [6.07, 6.45) is 0.906. The Labute approximate surface area is 167 Å². The number of alkyl halides is 1. The molecule has 0 saturated heterocycles. The van der Waals surface area contributed by atoms with Gasteiger partial charge in [-0.2, -0.15) is 4.83 Å². The predicted molar refractivity (Wildman–Crippen MR) is 116 cm³/mol. The maximum Gasteiger partial charge on any atom is 0.138 e. The predicted octanol–water partition coefficient (Wildman–Crippen LogP) is 5.97. The van der Waals surface area contributed by atoms with Gasteiger partial charge in [-0.05, 0) is 49.1 Å². The molecule has 5 heteroatoms. The van der Waals surface area contributed by atoms with Crippen molar-refractivity contribution in [3.63, 3.8) is 0 Å². The lowest BCUT2D eigenvalue weighted by Gasteiger charge is -2.18. The molecule has 2 N–H and O–H groups in total. The molecule has 0 spiro atoms. The first-order chi connectivity index (χ1) is 12.5. The molecule has 0 radical (unpaired) electrons. The van der Waals surface area contributed by atoms with Crippen molar-refractivity contribution in [1.29, 1.82) is 0 Å². The van der Waals surface area contributed by atoms with Crippen LogP contribution in [-0.4, -0.2) is 4.21 Å². The van der Waals surface area contributed by atoms with Crippen LogP contribution in [0.25, 0.3) is 0 Å². The molecular weight excluding hydrogens is 364 g/mol. The zero-order valence-corrected chi connectivity index (χ0v) is 18.6. The minimum atomic E-state index is -1.35. The van der Waals surface area contributed by atoms with Crippen LogP contribution < -0.4 is 10.3 Å². The highest BCUT2D eigenvalue weighted by Crippen LogP contribution is 2.25. The van der Waals surface area contributed by atoms with Crippen molar-refractivity contribution in [3.8, 4) is 0 Å². The second-order valence-electron chi connectivity index (χ2n) is 5.19. The van der Waals surface area contributed by atoms with E-state index < -0.39 is 16.5 Å². The van der Waals surface area contributed by atoms with Crippen molar-refractivity contribution in [1.82, 2.24) is 10.3 Å². The molecule has 2 aromatic carbocycles. The average molecular weight is 397 g/mol. The lowest BCUT2D eigenvalue weighted by molar-refractivity contribution is 0.612. The third kappa shape index (κ3) is 7.58. The van der Waals surface area contributed by atoms with Crippen LogP contribution in [0.2, 0.25) is 0 Å². The fourth-order valence-corrected chi connectivity index (χ4v) is 3.47. The quantitative estimate of drug-likeness (QED) is 0.358. The van der Waals surface area contributed by atoms with Gasteiger partial charge >= 0.3 is 0 Å². The summed E-state index contributed by atoms with van der Waals surface area (Å²) in [7, 11) is -1.35. The van der Waals surface area contributed by atoms with E-state index in [0.717, 1.165) is 23.1 Å². The van der Waals surface area contributed by atoms with Crippen LogP contribution in [0.3, 0.4) is 0 Å². The van der Waals surface area contributed by atoms with Crippen LogP contribution in [0.1, 0.15) is 62.4 Å². The van der Waals surface area contributed by atoms with Gasteiger partial charge in [0.05, 0.1) is 4.90 Å². The van der Waals surface area contributed by atoms with Crippen molar-refractivity contribution in [2.75, 3.05) is 0 Å². The van der Waals surface area contributed by atoms with Crippen LogP contribution in [-0.2, 0) is 17.4 Å². The lowest BCUT2D eigenvalue weighted by atomic mass is 10.00. The average Bonchev–Trinajstić information content (AvgIpc) is 2.69. The minimum Gasteiger partial charge on any atom is -0.236 e. The molecule has 0 fully saturated rings. The number of hydrogen-bond donors (Lipinski definition) is 2. The SMILES string of the molecule is CC.CC.CCc1cccc(C)c1C(Cl)NNS(=O)c1ccc(C)cc1. The standard InChI is InChI=1S/C17H21ClN2OS.2C2H6/c1-4-14-7-5-6-13(3)16(14)17(18)19-20-22(21)15-10-8-12(2)9-11-15;2*1-2/h5-11,17,19-20H,4H2,1-3H3;2*1-2H3.